The summed E-state index contributed by atoms with van der Waals surface area (Å²) in [6, 6.07) is 0. The molecule has 0 saturated carbocycles. The van der Waals surface area contributed by atoms with Crippen LogP contribution in [0.5, 0.6) is 0 Å². The number of hydrogen-bond donors (Lipinski definition) is 4. The summed E-state index contributed by atoms with van der Waals surface area (Å²) in [6.45, 7) is 1.96. The second kappa shape index (κ2) is 7.48. The van der Waals surface area contributed by atoms with Crippen molar-refractivity contribution in [1.29, 1.82) is 0 Å². The quantitative estimate of drug-likeness (QED) is 0.410. The molecule has 0 aromatic carbocycles. The van der Waals surface area contributed by atoms with Crippen molar-refractivity contribution in [3.8, 4) is 0 Å². The average Bonchev–Trinajstić information content (AvgIpc) is 2.58. The molecule has 0 bridgehead atoms. The minimum atomic E-state index is -2.87. The van der Waals surface area contributed by atoms with Crippen molar-refractivity contribution in [2.75, 3.05) is 0 Å². The van der Waals surface area contributed by atoms with Gasteiger partial charge in [0.1, 0.15) is 12.4 Å². The molecular weight excluding hydrogens is 211 g/mol. The lowest BCUT2D eigenvalue weighted by Crippen LogP contribution is -2.09. The van der Waals surface area contributed by atoms with Gasteiger partial charge in [-0.1, -0.05) is 6.92 Å². The van der Waals surface area contributed by atoms with Crippen LogP contribution in [0.4, 0.5) is 0 Å². The van der Waals surface area contributed by atoms with Gasteiger partial charge in [0.2, 0.25) is 0 Å². The van der Waals surface area contributed by atoms with Crippen molar-refractivity contribution >= 4 is 8.25 Å². The normalized spacial score (nSPS) is 11.4. The topological polar surface area (TPSA) is 134 Å². The molecule has 0 radical (unpaired) electrons. The zero-order valence-electron chi connectivity index (χ0n) is 7.49. The molecule has 1 rings (SSSR count). The van der Waals surface area contributed by atoms with Gasteiger partial charge in [0.25, 0.3) is 0 Å². The second-order valence-corrected chi connectivity index (χ2v) is 2.66. The molecule has 0 amide bonds. The predicted molar refractivity (Wildman–Crippen MR) is 46.7 cm³/mol. The van der Waals surface area contributed by atoms with E-state index in [2.05, 4.69) is 20.0 Å². The number of H-pyrrole nitrogens is 1. The molecule has 80 valence electrons. The Labute approximate surface area is 81.0 Å². The fourth-order valence-corrected chi connectivity index (χ4v) is 0.724. The number of nitrogens with two attached hydrogens (primary N) is 1. The fraction of sp³-hybridized carbons (Fsp3) is 0.600. The van der Waals surface area contributed by atoms with Gasteiger partial charge in [-0.3, -0.25) is 9.94 Å². The highest BCUT2D eigenvalue weighted by Gasteiger charge is 2.10. The second-order valence-electron chi connectivity index (χ2n) is 2.16. The Hall–Kier alpha value is -0.920. The molecule has 1 aromatic heterocycles. The molecule has 1 atom stereocenters. The SMILES string of the molecule is CCC(ON)c1ncn[nH]1.O=[P+](O)O. The minimum absolute atomic E-state index is 0.164. The van der Waals surface area contributed by atoms with E-state index in [0.29, 0.717) is 5.82 Å². The summed E-state index contributed by atoms with van der Waals surface area (Å²) in [7, 11) is -2.87. The van der Waals surface area contributed by atoms with Crippen LogP contribution >= 0.6 is 8.25 Å². The molecule has 14 heavy (non-hydrogen) atoms. The van der Waals surface area contributed by atoms with Crippen LogP contribution in [0, 0.1) is 0 Å². The first-order valence-corrected chi connectivity index (χ1v) is 4.84. The van der Waals surface area contributed by atoms with Crippen LogP contribution in [0.3, 0.4) is 0 Å². The van der Waals surface area contributed by atoms with E-state index in [0.717, 1.165) is 6.42 Å². The molecule has 8 nitrogen and oxygen atoms in total. The molecule has 9 heteroatoms. The van der Waals surface area contributed by atoms with Crippen LogP contribution in [0.25, 0.3) is 0 Å². The summed E-state index contributed by atoms with van der Waals surface area (Å²) >= 11 is 0. The van der Waals surface area contributed by atoms with Crippen molar-refractivity contribution in [2.24, 2.45) is 5.90 Å². The molecular formula is C5H12N4O4P+. The van der Waals surface area contributed by atoms with Gasteiger partial charge in [0.05, 0.1) is 0 Å². The Kier molecular flexibility index (Phi) is 6.99. The van der Waals surface area contributed by atoms with Gasteiger partial charge < -0.3 is 0 Å². The Morgan fingerprint density at radius 2 is 2.36 bits per heavy atom. The van der Waals surface area contributed by atoms with E-state index in [9.17, 15) is 0 Å². The van der Waals surface area contributed by atoms with Gasteiger partial charge in [-0.25, -0.2) is 10.9 Å². The van der Waals surface area contributed by atoms with Gasteiger partial charge >= 0.3 is 8.25 Å². The monoisotopic (exact) mass is 223 g/mol. The molecule has 0 aliphatic carbocycles. The highest BCUT2D eigenvalue weighted by Crippen LogP contribution is 2.12. The molecule has 1 heterocycles. The molecule has 0 saturated heterocycles. The number of nitrogens with one attached hydrogen (secondary N) is 1. The molecule has 1 unspecified atom stereocenters. The molecule has 5 N–H and O–H groups in total. The highest BCUT2D eigenvalue weighted by molar-refractivity contribution is 7.30. The van der Waals surface area contributed by atoms with Crippen molar-refractivity contribution in [3.63, 3.8) is 0 Å². The van der Waals surface area contributed by atoms with E-state index >= 15 is 0 Å². The van der Waals surface area contributed by atoms with E-state index in [-0.39, 0.29) is 6.10 Å². The van der Waals surface area contributed by atoms with Crippen LogP contribution in [-0.4, -0.2) is 25.0 Å². The van der Waals surface area contributed by atoms with Gasteiger partial charge in [-0.05, 0) is 6.42 Å². The fourth-order valence-electron chi connectivity index (χ4n) is 0.724. The highest BCUT2D eigenvalue weighted by atomic mass is 31.1. The predicted octanol–water partition coefficient (Wildman–Crippen LogP) is -0.225. The standard InChI is InChI=1S/C5H10N4O.HO3P/c1-2-4(10-6)5-7-3-8-9-5;1-4(2)3/h3-4H,2,6H2,1H3,(H,7,8,9);(H-,1,2,3)/p+1. The molecule has 1 aromatic rings. The molecule has 0 spiro atoms. The van der Waals surface area contributed by atoms with Crippen molar-refractivity contribution in [1.82, 2.24) is 15.2 Å². The van der Waals surface area contributed by atoms with E-state index in [1.807, 2.05) is 6.92 Å². The van der Waals surface area contributed by atoms with Crippen molar-refractivity contribution in [3.05, 3.63) is 12.2 Å². The van der Waals surface area contributed by atoms with Crippen molar-refractivity contribution in [2.45, 2.75) is 19.4 Å². The first kappa shape index (κ1) is 13.1. The zero-order valence-corrected chi connectivity index (χ0v) is 8.39. The number of nitrogens with zero attached hydrogens (tertiary/aromatic N) is 2. The van der Waals surface area contributed by atoms with Crippen LogP contribution in [0.15, 0.2) is 6.33 Å². The third-order valence-electron chi connectivity index (χ3n) is 1.27. The maximum atomic E-state index is 8.70. The first-order valence-electron chi connectivity index (χ1n) is 3.67. The summed E-state index contributed by atoms with van der Waals surface area (Å²) in [5.41, 5.74) is 0. The van der Waals surface area contributed by atoms with Crippen LogP contribution in [-0.2, 0) is 9.40 Å². The Balaban J connectivity index is 0.000000364. The van der Waals surface area contributed by atoms with E-state index in [4.69, 9.17) is 20.2 Å². The number of hydrogen-bond acceptors (Lipinski definition) is 5. The van der Waals surface area contributed by atoms with Gasteiger partial charge in [-0.15, -0.1) is 9.79 Å². The number of aromatic nitrogens is 3. The molecule has 0 aliphatic rings. The smallest absolute Gasteiger partial charge is 0.293 e. The average molecular weight is 223 g/mol. The Morgan fingerprint density at radius 1 is 1.79 bits per heavy atom. The Morgan fingerprint density at radius 3 is 2.64 bits per heavy atom. The van der Waals surface area contributed by atoms with Crippen LogP contribution in [0.2, 0.25) is 0 Å². The lowest BCUT2D eigenvalue weighted by atomic mass is 10.3. The van der Waals surface area contributed by atoms with Gasteiger partial charge in [0.15, 0.2) is 5.82 Å². The van der Waals surface area contributed by atoms with E-state index in [1.54, 1.807) is 0 Å². The lowest BCUT2D eigenvalue weighted by molar-refractivity contribution is 0.0441. The third kappa shape index (κ3) is 5.68. The third-order valence-corrected chi connectivity index (χ3v) is 1.27. The largest absolute Gasteiger partial charge is 0.692 e. The van der Waals surface area contributed by atoms with Crippen LogP contribution < -0.4 is 5.90 Å². The Bertz CT molecular complexity index is 246. The molecule has 0 fully saturated rings. The zero-order chi connectivity index (χ0) is 11.0. The summed E-state index contributed by atoms with van der Waals surface area (Å²) in [4.78, 5) is 22.7. The summed E-state index contributed by atoms with van der Waals surface area (Å²) in [5.74, 6) is 5.66. The summed E-state index contributed by atoms with van der Waals surface area (Å²) in [5, 5.41) is 6.34. The lowest BCUT2D eigenvalue weighted by Gasteiger charge is -2.06. The van der Waals surface area contributed by atoms with Gasteiger partial charge in [0, 0.05) is 4.57 Å². The van der Waals surface area contributed by atoms with Crippen LogP contribution in [0.1, 0.15) is 25.3 Å². The minimum Gasteiger partial charge on any atom is -0.293 e. The summed E-state index contributed by atoms with van der Waals surface area (Å²) in [6.07, 6.45) is 2.05. The summed E-state index contributed by atoms with van der Waals surface area (Å²) < 4.78 is 8.70. The van der Waals surface area contributed by atoms with E-state index < -0.39 is 8.25 Å². The molecule has 0 aliphatic heterocycles. The van der Waals surface area contributed by atoms with Gasteiger partial charge in [-0.2, -0.15) is 5.10 Å². The first-order chi connectivity index (χ1) is 6.61. The maximum Gasteiger partial charge on any atom is 0.692 e. The maximum absolute atomic E-state index is 8.70. The number of aromatic amines is 1. The number of rotatable bonds is 3. The van der Waals surface area contributed by atoms with E-state index in [1.165, 1.54) is 6.33 Å². The van der Waals surface area contributed by atoms with Crippen molar-refractivity contribution < 1.29 is 19.2 Å².